The van der Waals surface area contributed by atoms with Crippen LogP contribution in [-0.4, -0.2) is 36.5 Å². The topological polar surface area (TPSA) is 83.5 Å². The molecule has 0 radical (unpaired) electrons. The molecule has 0 heterocycles. The van der Waals surface area contributed by atoms with Crippen LogP contribution >= 0.6 is 0 Å². The third kappa shape index (κ3) is 8.15. The van der Waals surface area contributed by atoms with Crippen molar-refractivity contribution in [2.45, 2.75) is 33.6 Å². The maximum Gasteiger partial charge on any atom is 0.0668 e. The number of aliphatic carboxylic acids is 2. The summed E-state index contributed by atoms with van der Waals surface area (Å²) < 4.78 is 0. The average molecular weight is 267 g/mol. The molecule has 5 nitrogen and oxygen atoms in total. The Morgan fingerprint density at radius 2 is 1.32 bits per heavy atom. The van der Waals surface area contributed by atoms with Gasteiger partial charge in [-0.3, -0.25) is 0 Å². The van der Waals surface area contributed by atoms with E-state index in [0.29, 0.717) is 12.8 Å². The SMILES string of the molecule is CCN(CCC=C(C)C(=O)[O-])CCC=C(C)C(=O)[O-]. The summed E-state index contributed by atoms with van der Waals surface area (Å²) in [5.74, 6) is -2.29. The summed E-state index contributed by atoms with van der Waals surface area (Å²) in [4.78, 5) is 23.1. The van der Waals surface area contributed by atoms with Crippen LogP contribution in [0.2, 0.25) is 0 Å². The van der Waals surface area contributed by atoms with E-state index < -0.39 is 11.9 Å². The van der Waals surface area contributed by atoms with Crippen molar-refractivity contribution in [3.05, 3.63) is 23.3 Å². The number of rotatable bonds is 9. The minimum absolute atomic E-state index is 0.240. The molecule has 0 aromatic carbocycles. The third-order valence-corrected chi connectivity index (χ3v) is 2.88. The smallest absolute Gasteiger partial charge is 0.0668 e. The van der Waals surface area contributed by atoms with Gasteiger partial charge < -0.3 is 24.7 Å². The summed E-state index contributed by atoms with van der Waals surface area (Å²) in [7, 11) is 0. The fraction of sp³-hybridized carbons (Fsp3) is 0.571. The van der Waals surface area contributed by atoms with Crippen molar-refractivity contribution >= 4 is 11.9 Å². The van der Waals surface area contributed by atoms with Gasteiger partial charge in [-0.25, -0.2) is 0 Å². The van der Waals surface area contributed by atoms with Gasteiger partial charge in [-0.05, 0) is 44.4 Å². The van der Waals surface area contributed by atoms with E-state index in [1.54, 1.807) is 12.2 Å². The maximum atomic E-state index is 10.5. The van der Waals surface area contributed by atoms with Gasteiger partial charge in [0.15, 0.2) is 0 Å². The Hall–Kier alpha value is -1.62. The zero-order valence-electron chi connectivity index (χ0n) is 11.8. The predicted octanol–water partition coefficient (Wildman–Crippen LogP) is -0.519. The highest BCUT2D eigenvalue weighted by Gasteiger charge is 2.00. The molecular weight excluding hydrogens is 246 g/mol. The first kappa shape index (κ1) is 17.4. The normalized spacial score (nSPS) is 12.8. The second-order valence-corrected chi connectivity index (χ2v) is 4.36. The minimum Gasteiger partial charge on any atom is -0.545 e. The van der Waals surface area contributed by atoms with Gasteiger partial charge in [0.25, 0.3) is 0 Å². The molecule has 0 aliphatic rings. The van der Waals surface area contributed by atoms with Gasteiger partial charge >= 0.3 is 0 Å². The number of carboxylic acid groups (broad SMARTS) is 2. The van der Waals surface area contributed by atoms with Crippen LogP contribution in [0.15, 0.2) is 23.3 Å². The highest BCUT2D eigenvalue weighted by Crippen LogP contribution is 2.00. The van der Waals surface area contributed by atoms with Gasteiger partial charge in [0.05, 0.1) is 11.9 Å². The van der Waals surface area contributed by atoms with E-state index in [0.717, 1.165) is 19.6 Å². The highest BCUT2D eigenvalue weighted by atomic mass is 16.4. The Balaban J connectivity index is 4.10. The van der Waals surface area contributed by atoms with E-state index in [9.17, 15) is 19.8 Å². The standard InChI is InChI=1S/C14H23NO4/c1-4-15(9-5-7-11(2)13(16)17)10-6-8-12(3)14(18)19/h7-8H,4-6,9-10H2,1-3H3,(H,16,17)(H,18,19)/p-2. The minimum atomic E-state index is -1.14. The summed E-state index contributed by atoms with van der Waals surface area (Å²) >= 11 is 0. The Bertz CT molecular complexity index is 338. The van der Waals surface area contributed by atoms with Crippen molar-refractivity contribution in [1.82, 2.24) is 4.90 Å². The molecule has 0 aliphatic heterocycles. The number of carboxylic acids is 2. The van der Waals surface area contributed by atoms with Crippen LogP contribution < -0.4 is 10.2 Å². The molecule has 0 fully saturated rings. The quantitative estimate of drug-likeness (QED) is 0.525. The summed E-state index contributed by atoms with van der Waals surface area (Å²) in [5, 5.41) is 21.0. The summed E-state index contributed by atoms with van der Waals surface area (Å²) in [6, 6.07) is 0. The van der Waals surface area contributed by atoms with Crippen LogP contribution in [0.4, 0.5) is 0 Å². The Labute approximate surface area is 114 Å². The molecule has 0 saturated carbocycles. The lowest BCUT2D eigenvalue weighted by Gasteiger charge is -2.19. The van der Waals surface area contributed by atoms with Crippen LogP contribution in [0.1, 0.15) is 33.6 Å². The number of hydrogen-bond acceptors (Lipinski definition) is 5. The molecule has 0 spiro atoms. The molecule has 0 atom stereocenters. The van der Waals surface area contributed by atoms with Gasteiger partial charge in [-0.15, -0.1) is 0 Å². The summed E-state index contributed by atoms with van der Waals surface area (Å²) in [6.45, 7) is 7.33. The van der Waals surface area contributed by atoms with Crippen molar-refractivity contribution in [3.63, 3.8) is 0 Å². The zero-order chi connectivity index (χ0) is 14.8. The molecular formula is C14H21NO4-2. The molecule has 0 saturated heterocycles. The molecule has 5 heteroatoms. The van der Waals surface area contributed by atoms with Crippen molar-refractivity contribution < 1.29 is 19.8 Å². The summed E-state index contributed by atoms with van der Waals surface area (Å²) in [5.41, 5.74) is 0.479. The van der Waals surface area contributed by atoms with Gasteiger partial charge in [0.1, 0.15) is 0 Å². The lowest BCUT2D eigenvalue weighted by molar-refractivity contribution is -0.300. The molecule has 19 heavy (non-hydrogen) atoms. The molecule has 0 unspecified atom stereocenters. The van der Waals surface area contributed by atoms with Crippen LogP contribution in [0, 0.1) is 0 Å². The van der Waals surface area contributed by atoms with E-state index in [-0.39, 0.29) is 11.1 Å². The summed E-state index contributed by atoms with van der Waals surface area (Å²) in [6.07, 6.45) is 4.55. The number of carbonyl (C=O) groups excluding carboxylic acids is 2. The number of nitrogens with zero attached hydrogens (tertiary/aromatic N) is 1. The van der Waals surface area contributed by atoms with Crippen LogP contribution in [0.3, 0.4) is 0 Å². The second kappa shape index (κ2) is 9.33. The molecule has 0 aromatic heterocycles. The van der Waals surface area contributed by atoms with Crippen molar-refractivity contribution in [3.8, 4) is 0 Å². The van der Waals surface area contributed by atoms with Gasteiger partial charge in [-0.2, -0.15) is 0 Å². The predicted molar refractivity (Wildman–Crippen MR) is 68.9 cm³/mol. The molecule has 0 amide bonds. The van der Waals surface area contributed by atoms with E-state index in [2.05, 4.69) is 4.90 Å². The Kier molecular flexibility index (Phi) is 8.53. The van der Waals surface area contributed by atoms with Crippen molar-refractivity contribution in [2.24, 2.45) is 0 Å². The number of carbonyl (C=O) groups is 2. The van der Waals surface area contributed by atoms with E-state index in [1.165, 1.54) is 13.8 Å². The van der Waals surface area contributed by atoms with Crippen molar-refractivity contribution in [1.29, 1.82) is 0 Å². The first-order chi connectivity index (χ1) is 8.88. The average Bonchev–Trinajstić information content (AvgIpc) is 2.35. The monoisotopic (exact) mass is 267 g/mol. The Morgan fingerprint density at radius 1 is 0.947 bits per heavy atom. The van der Waals surface area contributed by atoms with Crippen LogP contribution in [0.5, 0.6) is 0 Å². The van der Waals surface area contributed by atoms with Gasteiger partial charge in [-0.1, -0.05) is 19.1 Å². The fourth-order valence-electron chi connectivity index (χ4n) is 1.52. The second-order valence-electron chi connectivity index (χ2n) is 4.36. The lowest BCUT2D eigenvalue weighted by atomic mass is 10.2. The largest absolute Gasteiger partial charge is 0.545 e. The van der Waals surface area contributed by atoms with Gasteiger partial charge in [0.2, 0.25) is 0 Å². The van der Waals surface area contributed by atoms with Crippen LogP contribution in [-0.2, 0) is 9.59 Å². The molecule has 0 bridgehead atoms. The third-order valence-electron chi connectivity index (χ3n) is 2.88. The lowest BCUT2D eigenvalue weighted by Crippen LogP contribution is -2.27. The molecule has 0 aliphatic carbocycles. The highest BCUT2D eigenvalue weighted by molar-refractivity contribution is 5.84. The van der Waals surface area contributed by atoms with Crippen molar-refractivity contribution in [2.75, 3.05) is 19.6 Å². The van der Waals surface area contributed by atoms with E-state index >= 15 is 0 Å². The maximum absolute atomic E-state index is 10.5. The molecule has 0 N–H and O–H groups in total. The van der Waals surface area contributed by atoms with E-state index in [1.807, 2.05) is 6.92 Å². The van der Waals surface area contributed by atoms with Crippen LogP contribution in [0.25, 0.3) is 0 Å². The first-order valence-electron chi connectivity index (χ1n) is 6.37. The number of hydrogen-bond donors (Lipinski definition) is 0. The molecule has 0 aromatic rings. The first-order valence-corrected chi connectivity index (χ1v) is 6.37. The van der Waals surface area contributed by atoms with Gasteiger partial charge in [0, 0.05) is 13.1 Å². The van der Waals surface area contributed by atoms with E-state index in [4.69, 9.17) is 0 Å². The zero-order valence-corrected chi connectivity index (χ0v) is 11.8. The Morgan fingerprint density at radius 3 is 1.58 bits per heavy atom. The molecule has 108 valence electrons. The fourth-order valence-corrected chi connectivity index (χ4v) is 1.52. The molecule has 0 rings (SSSR count).